The molecule has 2 atom stereocenters. The summed E-state index contributed by atoms with van der Waals surface area (Å²) < 4.78 is 0. The average molecular weight is 547 g/mol. The van der Waals surface area contributed by atoms with Gasteiger partial charge in [-0.05, 0) is 55.0 Å². The zero-order valence-electron chi connectivity index (χ0n) is 18.7. The number of nitrogens with two attached hydrogens (primary N) is 1. The molecule has 4 rings (SSSR count). The number of nitrogens with one attached hydrogen (secondary N) is 1. The molecule has 0 bridgehead atoms. The summed E-state index contributed by atoms with van der Waals surface area (Å²) in [6, 6.07) is 18.9. The van der Waals surface area contributed by atoms with Crippen LogP contribution in [0.4, 0.5) is 0 Å². The van der Waals surface area contributed by atoms with E-state index >= 15 is 0 Å². The van der Waals surface area contributed by atoms with Crippen LogP contribution in [0.3, 0.4) is 0 Å². The molecule has 0 saturated carbocycles. The molecular formula is C25H34IN5O. The Balaban J connectivity index is 0.00000289. The van der Waals surface area contributed by atoms with Crippen LogP contribution in [0.2, 0.25) is 0 Å². The molecule has 0 radical (unpaired) electrons. The molecule has 2 heterocycles. The Morgan fingerprint density at radius 1 is 1.06 bits per heavy atom. The van der Waals surface area contributed by atoms with E-state index in [1.54, 1.807) is 12.1 Å². The fourth-order valence-electron chi connectivity index (χ4n) is 5.01. The van der Waals surface area contributed by atoms with Crippen LogP contribution in [0.1, 0.15) is 40.7 Å². The normalized spacial score (nSPS) is 21.4. The highest BCUT2D eigenvalue weighted by Crippen LogP contribution is 2.31. The SMILES string of the molecule is CN=C(NCc1ccc(C(N)=O)cc1)N1CCC2C(CCCN2Cc2ccccc2)C1.I. The Bertz CT molecular complexity index is 902. The maximum atomic E-state index is 11.2. The number of piperidine rings is 2. The Labute approximate surface area is 208 Å². The van der Waals surface area contributed by atoms with Gasteiger partial charge in [-0.15, -0.1) is 24.0 Å². The predicted octanol–water partition coefficient (Wildman–Crippen LogP) is 3.47. The summed E-state index contributed by atoms with van der Waals surface area (Å²) in [5.74, 6) is 1.24. The van der Waals surface area contributed by atoms with Crippen LogP contribution in [0, 0.1) is 5.92 Å². The van der Waals surface area contributed by atoms with Crippen molar-refractivity contribution in [3.05, 3.63) is 71.3 Å². The number of hydrogen-bond acceptors (Lipinski definition) is 3. The van der Waals surface area contributed by atoms with Gasteiger partial charge in [0, 0.05) is 44.8 Å². The van der Waals surface area contributed by atoms with Gasteiger partial charge in [0.2, 0.25) is 5.91 Å². The van der Waals surface area contributed by atoms with Crippen LogP contribution in [0.15, 0.2) is 59.6 Å². The van der Waals surface area contributed by atoms with Gasteiger partial charge >= 0.3 is 0 Å². The largest absolute Gasteiger partial charge is 0.366 e. The first-order chi connectivity index (χ1) is 15.1. The van der Waals surface area contributed by atoms with Gasteiger partial charge in [-0.25, -0.2) is 0 Å². The summed E-state index contributed by atoms with van der Waals surface area (Å²) in [5, 5.41) is 3.50. The van der Waals surface area contributed by atoms with E-state index in [-0.39, 0.29) is 24.0 Å². The Hall–Kier alpha value is -2.13. The highest BCUT2D eigenvalue weighted by atomic mass is 127. The number of carbonyl (C=O) groups is 1. The Morgan fingerprint density at radius 2 is 1.81 bits per heavy atom. The highest BCUT2D eigenvalue weighted by Gasteiger charge is 2.36. The van der Waals surface area contributed by atoms with Crippen LogP contribution < -0.4 is 11.1 Å². The lowest BCUT2D eigenvalue weighted by Gasteiger charge is -2.48. The Morgan fingerprint density at radius 3 is 2.50 bits per heavy atom. The van der Waals surface area contributed by atoms with Crippen LogP contribution in [0.5, 0.6) is 0 Å². The predicted molar refractivity (Wildman–Crippen MR) is 140 cm³/mol. The standard InChI is InChI=1S/C25H33N5O.HI/c1-27-25(28-16-19-9-11-21(12-10-19)24(26)31)30-15-13-23-22(18-30)8-5-14-29(23)17-20-6-3-2-4-7-20;/h2-4,6-7,9-12,22-23H,5,8,13-18H2,1H3,(H2,26,31)(H,27,28);1H. The molecule has 3 N–H and O–H groups in total. The molecule has 2 unspecified atom stereocenters. The number of fused-ring (bicyclic) bond motifs is 1. The summed E-state index contributed by atoms with van der Waals surface area (Å²) in [7, 11) is 1.85. The maximum Gasteiger partial charge on any atom is 0.248 e. The lowest BCUT2D eigenvalue weighted by atomic mass is 9.83. The molecule has 32 heavy (non-hydrogen) atoms. The number of hydrogen-bond donors (Lipinski definition) is 2. The Kier molecular flexibility index (Phi) is 8.92. The second-order valence-electron chi connectivity index (χ2n) is 8.62. The fourth-order valence-corrected chi connectivity index (χ4v) is 5.01. The smallest absolute Gasteiger partial charge is 0.248 e. The van der Waals surface area contributed by atoms with Crippen molar-refractivity contribution in [2.75, 3.05) is 26.7 Å². The summed E-state index contributed by atoms with van der Waals surface area (Å²) in [6.07, 6.45) is 3.73. The van der Waals surface area contributed by atoms with Crippen LogP contribution in [0.25, 0.3) is 0 Å². The van der Waals surface area contributed by atoms with E-state index in [4.69, 9.17) is 5.73 Å². The van der Waals surface area contributed by atoms with Gasteiger partial charge in [0.1, 0.15) is 0 Å². The average Bonchev–Trinajstić information content (AvgIpc) is 2.80. The number of benzene rings is 2. The van der Waals surface area contributed by atoms with Gasteiger partial charge < -0.3 is 16.0 Å². The molecule has 1 amide bonds. The molecule has 2 aliphatic heterocycles. The quantitative estimate of drug-likeness (QED) is 0.342. The van der Waals surface area contributed by atoms with Crippen molar-refractivity contribution in [3.63, 3.8) is 0 Å². The van der Waals surface area contributed by atoms with Crippen molar-refractivity contribution in [1.82, 2.24) is 15.1 Å². The summed E-state index contributed by atoms with van der Waals surface area (Å²) in [4.78, 5) is 20.9. The molecule has 2 saturated heterocycles. The number of aliphatic imine (C=N–C) groups is 1. The van der Waals surface area contributed by atoms with E-state index in [0.29, 0.717) is 24.1 Å². The van der Waals surface area contributed by atoms with Crippen LogP contribution in [-0.4, -0.2) is 54.4 Å². The van der Waals surface area contributed by atoms with Crippen LogP contribution >= 0.6 is 24.0 Å². The van der Waals surface area contributed by atoms with E-state index in [9.17, 15) is 4.79 Å². The van der Waals surface area contributed by atoms with E-state index < -0.39 is 5.91 Å². The summed E-state index contributed by atoms with van der Waals surface area (Å²) in [6.45, 7) is 5.00. The molecule has 0 aromatic heterocycles. The summed E-state index contributed by atoms with van der Waals surface area (Å²) in [5.41, 5.74) is 8.37. The number of amides is 1. The van der Waals surface area contributed by atoms with Gasteiger partial charge in [-0.2, -0.15) is 0 Å². The minimum atomic E-state index is -0.396. The lowest BCUT2D eigenvalue weighted by Crippen LogP contribution is -2.56. The first-order valence-corrected chi connectivity index (χ1v) is 11.3. The lowest BCUT2D eigenvalue weighted by molar-refractivity contribution is 0.0372. The molecule has 7 heteroatoms. The monoisotopic (exact) mass is 547 g/mol. The molecule has 2 aromatic rings. The number of nitrogens with zero attached hydrogens (tertiary/aromatic N) is 3. The van der Waals surface area contributed by atoms with Crippen molar-refractivity contribution in [1.29, 1.82) is 0 Å². The third kappa shape index (κ3) is 6.01. The van der Waals surface area contributed by atoms with E-state index in [0.717, 1.165) is 31.2 Å². The number of likely N-dealkylation sites (tertiary alicyclic amines) is 2. The number of halogens is 1. The number of rotatable bonds is 5. The molecule has 0 spiro atoms. The molecule has 2 aromatic carbocycles. The second-order valence-corrected chi connectivity index (χ2v) is 8.62. The van der Waals surface area contributed by atoms with Crippen molar-refractivity contribution < 1.29 is 4.79 Å². The molecule has 6 nitrogen and oxygen atoms in total. The zero-order chi connectivity index (χ0) is 21.6. The van der Waals surface area contributed by atoms with Crippen molar-refractivity contribution in [2.24, 2.45) is 16.6 Å². The highest BCUT2D eigenvalue weighted by molar-refractivity contribution is 14.0. The third-order valence-electron chi connectivity index (χ3n) is 6.61. The minimum absolute atomic E-state index is 0. The van der Waals surface area contributed by atoms with E-state index in [1.807, 2.05) is 19.2 Å². The van der Waals surface area contributed by atoms with E-state index in [1.165, 1.54) is 31.4 Å². The van der Waals surface area contributed by atoms with Gasteiger partial charge in [0.25, 0.3) is 0 Å². The first-order valence-electron chi connectivity index (χ1n) is 11.3. The number of carbonyl (C=O) groups excluding carboxylic acids is 1. The van der Waals surface area contributed by atoms with Crippen molar-refractivity contribution in [3.8, 4) is 0 Å². The molecule has 0 aliphatic carbocycles. The first kappa shape index (κ1) is 24.5. The van der Waals surface area contributed by atoms with Gasteiger partial charge in [0.15, 0.2) is 5.96 Å². The minimum Gasteiger partial charge on any atom is -0.366 e. The second kappa shape index (κ2) is 11.7. The molecule has 2 aliphatic rings. The number of guanidine groups is 1. The topological polar surface area (TPSA) is 74.0 Å². The zero-order valence-corrected chi connectivity index (χ0v) is 21.1. The van der Waals surface area contributed by atoms with Crippen molar-refractivity contribution in [2.45, 2.75) is 38.4 Å². The van der Waals surface area contributed by atoms with E-state index in [2.05, 4.69) is 50.4 Å². The molecular weight excluding hydrogens is 513 g/mol. The van der Waals surface area contributed by atoms with Gasteiger partial charge in [-0.1, -0.05) is 42.5 Å². The number of primary amides is 1. The molecule has 2 fully saturated rings. The van der Waals surface area contributed by atoms with Gasteiger partial charge in [-0.3, -0.25) is 14.7 Å². The fraction of sp³-hybridized carbons (Fsp3) is 0.440. The van der Waals surface area contributed by atoms with Gasteiger partial charge in [0.05, 0.1) is 0 Å². The van der Waals surface area contributed by atoms with Crippen molar-refractivity contribution >= 4 is 35.8 Å². The third-order valence-corrected chi connectivity index (χ3v) is 6.61. The molecule has 172 valence electrons. The van der Waals surface area contributed by atoms with Crippen LogP contribution in [-0.2, 0) is 13.1 Å². The summed E-state index contributed by atoms with van der Waals surface area (Å²) >= 11 is 0. The maximum absolute atomic E-state index is 11.2.